The third-order valence-corrected chi connectivity index (χ3v) is 3.71. The van der Waals surface area contributed by atoms with Crippen LogP contribution < -0.4 is 16.6 Å². The van der Waals surface area contributed by atoms with Gasteiger partial charge >= 0.3 is 0 Å². The lowest BCUT2D eigenvalue weighted by Gasteiger charge is -2.41. The number of allylic oxidation sites excluding steroid dienone is 1. The summed E-state index contributed by atoms with van der Waals surface area (Å²) in [6.45, 7) is 13.5. The Kier molecular flexibility index (Phi) is 5.47. The molecule has 1 aliphatic heterocycles. The van der Waals surface area contributed by atoms with Gasteiger partial charge in [0.25, 0.3) is 0 Å². The van der Waals surface area contributed by atoms with E-state index >= 15 is 0 Å². The van der Waals surface area contributed by atoms with Crippen LogP contribution in [0.2, 0.25) is 0 Å². The SMILES string of the molecule is CC(C)/C(=C/NC1CCN(C(C)(C)C)CC1)NN. The maximum Gasteiger partial charge on any atom is 0.0441 e. The van der Waals surface area contributed by atoms with Crippen molar-refractivity contribution in [2.24, 2.45) is 11.8 Å². The van der Waals surface area contributed by atoms with Gasteiger partial charge in [0, 0.05) is 36.6 Å². The summed E-state index contributed by atoms with van der Waals surface area (Å²) in [4.78, 5) is 2.55. The molecule has 1 saturated heterocycles. The van der Waals surface area contributed by atoms with E-state index in [9.17, 15) is 0 Å². The van der Waals surface area contributed by atoms with Crippen LogP contribution in [0.5, 0.6) is 0 Å². The summed E-state index contributed by atoms with van der Waals surface area (Å²) in [5, 5.41) is 3.49. The van der Waals surface area contributed by atoms with E-state index in [2.05, 4.69) is 50.3 Å². The average molecular weight is 254 g/mol. The van der Waals surface area contributed by atoms with E-state index in [1.54, 1.807) is 0 Å². The Morgan fingerprint density at radius 3 is 2.22 bits per heavy atom. The van der Waals surface area contributed by atoms with Crippen molar-refractivity contribution in [1.29, 1.82) is 0 Å². The lowest BCUT2D eigenvalue weighted by Crippen LogP contribution is -2.49. The predicted molar refractivity (Wildman–Crippen MR) is 77.7 cm³/mol. The van der Waals surface area contributed by atoms with Gasteiger partial charge in [-0.15, -0.1) is 0 Å². The zero-order chi connectivity index (χ0) is 13.8. The van der Waals surface area contributed by atoms with E-state index in [1.165, 1.54) is 25.9 Å². The monoisotopic (exact) mass is 254 g/mol. The first kappa shape index (κ1) is 15.3. The number of nitrogens with two attached hydrogens (primary N) is 1. The molecule has 0 unspecified atom stereocenters. The van der Waals surface area contributed by atoms with Crippen molar-refractivity contribution in [3.8, 4) is 0 Å². The molecule has 1 rings (SSSR count). The third-order valence-electron chi connectivity index (χ3n) is 3.71. The molecule has 4 nitrogen and oxygen atoms in total. The average Bonchev–Trinajstić information content (AvgIpc) is 2.29. The number of piperidine rings is 1. The molecule has 0 aliphatic carbocycles. The molecule has 1 aliphatic rings. The molecule has 0 aromatic heterocycles. The van der Waals surface area contributed by atoms with Crippen LogP contribution in [-0.2, 0) is 0 Å². The normalized spacial score (nSPS) is 20.3. The highest BCUT2D eigenvalue weighted by Crippen LogP contribution is 2.20. The Balaban J connectivity index is 2.40. The van der Waals surface area contributed by atoms with Crippen LogP contribution in [0, 0.1) is 5.92 Å². The van der Waals surface area contributed by atoms with Gasteiger partial charge in [0.2, 0.25) is 0 Å². The van der Waals surface area contributed by atoms with Gasteiger partial charge in [0.1, 0.15) is 0 Å². The Labute approximate surface area is 112 Å². The fourth-order valence-corrected chi connectivity index (χ4v) is 2.30. The van der Waals surface area contributed by atoms with Crippen LogP contribution in [0.25, 0.3) is 0 Å². The summed E-state index contributed by atoms with van der Waals surface area (Å²) in [7, 11) is 0. The largest absolute Gasteiger partial charge is 0.387 e. The van der Waals surface area contributed by atoms with E-state index in [1.807, 2.05) is 6.20 Å². The first-order chi connectivity index (χ1) is 8.34. The lowest BCUT2D eigenvalue weighted by atomic mass is 9.98. The minimum Gasteiger partial charge on any atom is -0.387 e. The summed E-state index contributed by atoms with van der Waals surface area (Å²) in [6, 6.07) is 0.575. The Morgan fingerprint density at radius 2 is 1.83 bits per heavy atom. The van der Waals surface area contributed by atoms with E-state index in [-0.39, 0.29) is 0 Å². The summed E-state index contributed by atoms with van der Waals surface area (Å²) >= 11 is 0. The maximum absolute atomic E-state index is 5.50. The number of nitrogens with one attached hydrogen (secondary N) is 2. The van der Waals surface area contributed by atoms with E-state index < -0.39 is 0 Å². The molecule has 0 aromatic carbocycles. The van der Waals surface area contributed by atoms with Crippen molar-refractivity contribution in [3.05, 3.63) is 11.9 Å². The summed E-state index contributed by atoms with van der Waals surface area (Å²) < 4.78 is 0. The van der Waals surface area contributed by atoms with Crippen molar-refractivity contribution < 1.29 is 0 Å². The predicted octanol–water partition coefficient (Wildman–Crippen LogP) is 1.80. The quantitative estimate of drug-likeness (QED) is 0.529. The Morgan fingerprint density at radius 1 is 1.28 bits per heavy atom. The molecule has 0 aromatic rings. The van der Waals surface area contributed by atoms with E-state index in [0.29, 0.717) is 17.5 Å². The highest BCUT2D eigenvalue weighted by atomic mass is 15.2. The highest BCUT2D eigenvalue weighted by molar-refractivity contribution is 5.01. The molecular weight excluding hydrogens is 224 g/mol. The molecule has 0 amide bonds. The van der Waals surface area contributed by atoms with Crippen LogP contribution in [0.4, 0.5) is 0 Å². The van der Waals surface area contributed by atoms with Gasteiger partial charge in [0.05, 0.1) is 0 Å². The zero-order valence-corrected chi connectivity index (χ0v) is 12.6. The molecule has 4 N–H and O–H groups in total. The first-order valence-electron chi connectivity index (χ1n) is 7.02. The summed E-state index contributed by atoms with van der Waals surface area (Å²) in [6.07, 6.45) is 4.44. The number of hydrazine groups is 1. The summed E-state index contributed by atoms with van der Waals surface area (Å²) in [5.41, 5.74) is 4.12. The van der Waals surface area contributed by atoms with E-state index in [0.717, 1.165) is 5.70 Å². The molecule has 0 spiro atoms. The molecule has 1 fully saturated rings. The molecule has 1 heterocycles. The second kappa shape index (κ2) is 6.43. The number of hydrogen-bond acceptors (Lipinski definition) is 4. The number of rotatable bonds is 4. The maximum atomic E-state index is 5.50. The van der Waals surface area contributed by atoms with Crippen LogP contribution in [0.3, 0.4) is 0 Å². The second-order valence-corrected chi connectivity index (χ2v) is 6.50. The molecular formula is C14H30N4. The number of likely N-dealkylation sites (tertiary alicyclic amines) is 1. The minimum absolute atomic E-state index is 0.294. The van der Waals surface area contributed by atoms with Crippen LogP contribution in [0.15, 0.2) is 11.9 Å². The highest BCUT2D eigenvalue weighted by Gasteiger charge is 2.26. The molecule has 0 saturated carbocycles. The van der Waals surface area contributed by atoms with Crippen molar-refractivity contribution in [2.45, 2.75) is 59.0 Å². The van der Waals surface area contributed by atoms with Gasteiger partial charge in [-0.3, -0.25) is 10.7 Å². The van der Waals surface area contributed by atoms with Gasteiger partial charge < -0.3 is 10.7 Å². The van der Waals surface area contributed by atoms with Gasteiger partial charge in [-0.05, 0) is 39.5 Å². The topological polar surface area (TPSA) is 53.3 Å². The van der Waals surface area contributed by atoms with Gasteiger partial charge in [-0.25, -0.2) is 0 Å². The minimum atomic E-state index is 0.294. The molecule has 0 atom stereocenters. The van der Waals surface area contributed by atoms with Gasteiger partial charge in [-0.2, -0.15) is 0 Å². The van der Waals surface area contributed by atoms with Crippen molar-refractivity contribution in [3.63, 3.8) is 0 Å². The summed E-state index contributed by atoms with van der Waals surface area (Å²) in [5.74, 6) is 5.93. The van der Waals surface area contributed by atoms with Gasteiger partial charge in [-0.1, -0.05) is 13.8 Å². The zero-order valence-electron chi connectivity index (χ0n) is 12.6. The smallest absolute Gasteiger partial charge is 0.0441 e. The van der Waals surface area contributed by atoms with E-state index in [4.69, 9.17) is 5.84 Å². The number of hydrogen-bond donors (Lipinski definition) is 3. The second-order valence-electron chi connectivity index (χ2n) is 6.50. The standard InChI is InChI=1S/C14H30N4/c1-11(2)13(17-15)10-16-12-6-8-18(9-7-12)14(3,4)5/h10-12,16-17H,6-9,15H2,1-5H3/b13-10-. The van der Waals surface area contributed by atoms with Crippen molar-refractivity contribution >= 4 is 0 Å². The molecule has 106 valence electrons. The molecule has 0 bridgehead atoms. The van der Waals surface area contributed by atoms with Crippen LogP contribution >= 0.6 is 0 Å². The molecule has 4 heteroatoms. The van der Waals surface area contributed by atoms with Crippen molar-refractivity contribution in [2.75, 3.05) is 13.1 Å². The van der Waals surface area contributed by atoms with Crippen molar-refractivity contribution in [1.82, 2.24) is 15.6 Å². The Bertz CT molecular complexity index is 270. The molecule has 18 heavy (non-hydrogen) atoms. The number of nitrogens with zero attached hydrogens (tertiary/aromatic N) is 1. The fraction of sp³-hybridized carbons (Fsp3) is 0.857. The van der Waals surface area contributed by atoms with Crippen LogP contribution in [0.1, 0.15) is 47.5 Å². The van der Waals surface area contributed by atoms with Gasteiger partial charge in [0.15, 0.2) is 0 Å². The third kappa shape index (κ3) is 4.50. The Hall–Kier alpha value is -0.740. The fourth-order valence-electron chi connectivity index (χ4n) is 2.30. The van der Waals surface area contributed by atoms with Crippen LogP contribution in [-0.4, -0.2) is 29.6 Å². The molecule has 0 radical (unpaired) electrons. The first-order valence-corrected chi connectivity index (χ1v) is 7.02. The lowest BCUT2D eigenvalue weighted by molar-refractivity contribution is 0.0988.